The molecule has 12 heteroatoms. The molecule has 3 heterocycles. The molecule has 0 saturated carbocycles. The maximum Gasteiger partial charge on any atom is 0.338 e. The van der Waals surface area contributed by atoms with Gasteiger partial charge in [0.05, 0.1) is 12.7 Å². The van der Waals surface area contributed by atoms with Crippen LogP contribution in [0.1, 0.15) is 29.5 Å². The van der Waals surface area contributed by atoms with Crippen LogP contribution in [0.4, 0.5) is 4.39 Å². The zero-order valence-corrected chi connectivity index (χ0v) is 19.3. The predicted octanol–water partition coefficient (Wildman–Crippen LogP) is 2.96. The normalized spacial score (nSPS) is 21.1. The number of methoxy groups -OCH3 is 1. The number of thiazole rings is 1. The van der Waals surface area contributed by atoms with Crippen LogP contribution < -0.4 is 5.32 Å². The van der Waals surface area contributed by atoms with Crippen LogP contribution >= 0.6 is 22.9 Å². The third-order valence-corrected chi connectivity index (χ3v) is 7.34. The molecule has 1 saturated heterocycles. The maximum absolute atomic E-state index is 13.7. The predicted molar refractivity (Wildman–Crippen MR) is 118 cm³/mol. The second-order valence-electron chi connectivity index (χ2n) is 7.25. The number of carbonyl (C=O) groups is 1. The number of hydrogen-bond acceptors (Lipinski definition) is 8. The Labute approximate surface area is 195 Å². The number of ether oxygens (including phenoxy) is 1. The minimum atomic E-state index is -2.29. The van der Waals surface area contributed by atoms with E-state index in [2.05, 4.69) is 10.3 Å². The third-order valence-electron chi connectivity index (χ3n) is 5.45. The van der Waals surface area contributed by atoms with Gasteiger partial charge in [-0.25, -0.2) is 18.5 Å². The van der Waals surface area contributed by atoms with Crippen LogP contribution in [0.25, 0.3) is 0 Å². The summed E-state index contributed by atoms with van der Waals surface area (Å²) in [5.41, 5.74) is 1.32. The molecule has 1 N–H and O–H groups in total. The Morgan fingerprint density at radius 3 is 2.75 bits per heavy atom. The molecule has 8 nitrogen and oxygen atoms in total. The van der Waals surface area contributed by atoms with Gasteiger partial charge in [-0.15, -0.1) is 11.3 Å². The molecule has 2 unspecified atom stereocenters. The lowest BCUT2D eigenvalue weighted by atomic mass is 9.86. The van der Waals surface area contributed by atoms with Crippen molar-refractivity contribution in [1.82, 2.24) is 14.6 Å². The average Bonchev–Trinajstić information content (AvgIpc) is 3.33. The number of nitrogens with zero attached hydrogens (tertiary/aromatic N) is 3. The van der Waals surface area contributed by atoms with E-state index in [1.165, 1.54) is 41.0 Å². The first-order chi connectivity index (χ1) is 15.4. The molecule has 0 spiro atoms. The molecule has 0 aliphatic carbocycles. The highest BCUT2D eigenvalue weighted by molar-refractivity contribution is 7.76. The number of rotatable bonds is 5. The van der Waals surface area contributed by atoms with Crippen LogP contribution in [-0.2, 0) is 20.8 Å². The summed E-state index contributed by atoms with van der Waals surface area (Å²) in [6.07, 6.45) is 2.66. The molecule has 0 radical (unpaired) electrons. The van der Waals surface area contributed by atoms with Gasteiger partial charge in [-0.05, 0) is 25.0 Å². The van der Waals surface area contributed by atoms with E-state index in [1.54, 1.807) is 11.6 Å². The van der Waals surface area contributed by atoms with Gasteiger partial charge in [-0.1, -0.05) is 17.7 Å². The van der Waals surface area contributed by atoms with E-state index in [-0.39, 0.29) is 16.5 Å². The van der Waals surface area contributed by atoms with Crippen molar-refractivity contribution in [3.63, 3.8) is 0 Å². The van der Waals surface area contributed by atoms with Crippen molar-refractivity contribution in [2.24, 2.45) is 10.9 Å². The summed E-state index contributed by atoms with van der Waals surface area (Å²) in [7, 11) is 1.28. The van der Waals surface area contributed by atoms with Crippen molar-refractivity contribution in [3.8, 4) is 0 Å². The van der Waals surface area contributed by atoms with Crippen molar-refractivity contribution < 1.29 is 22.7 Å². The lowest BCUT2D eigenvalue weighted by Crippen LogP contribution is -2.41. The number of esters is 1. The number of amidine groups is 1. The summed E-state index contributed by atoms with van der Waals surface area (Å²) in [4.78, 5) is 21.9. The molecular formula is C20H19ClFN4O4S2-. The second kappa shape index (κ2) is 9.75. The van der Waals surface area contributed by atoms with E-state index in [1.807, 2.05) is 0 Å². The fraction of sp³-hybridized carbons (Fsp3) is 0.350. The molecule has 2 atom stereocenters. The van der Waals surface area contributed by atoms with E-state index < -0.39 is 29.1 Å². The molecule has 1 aromatic carbocycles. The summed E-state index contributed by atoms with van der Waals surface area (Å²) in [5.74, 6) is -0.771. The lowest BCUT2D eigenvalue weighted by Gasteiger charge is -2.37. The van der Waals surface area contributed by atoms with Crippen molar-refractivity contribution in [3.05, 3.63) is 62.5 Å². The summed E-state index contributed by atoms with van der Waals surface area (Å²) in [6, 6.07) is 3.10. The number of hydrogen-bond donors (Lipinski definition) is 1. The van der Waals surface area contributed by atoms with Crippen molar-refractivity contribution in [2.75, 3.05) is 20.2 Å². The zero-order valence-electron chi connectivity index (χ0n) is 16.9. The first-order valence-corrected chi connectivity index (χ1v) is 12.0. The molecule has 32 heavy (non-hydrogen) atoms. The summed E-state index contributed by atoms with van der Waals surface area (Å²) in [6.45, 7) is 0.651. The number of nitrogens with one attached hydrogen (secondary N) is 1. The Morgan fingerprint density at radius 1 is 1.41 bits per heavy atom. The average molecular weight is 498 g/mol. The van der Waals surface area contributed by atoms with Gasteiger partial charge in [0.1, 0.15) is 11.9 Å². The maximum atomic E-state index is 13.7. The smallest absolute Gasteiger partial charge is 0.338 e. The van der Waals surface area contributed by atoms with Crippen molar-refractivity contribution in [1.29, 1.82) is 0 Å². The number of halogens is 2. The van der Waals surface area contributed by atoms with Crippen LogP contribution in [0.3, 0.4) is 0 Å². The molecule has 0 bridgehead atoms. The van der Waals surface area contributed by atoms with Crippen LogP contribution in [0, 0.1) is 11.7 Å². The number of piperidine rings is 1. The summed E-state index contributed by atoms with van der Waals surface area (Å²) < 4.78 is 42.8. The fourth-order valence-electron chi connectivity index (χ4n) is 3.91. The van der Waals surface area contributed by atoms with Crippen LogP contribution in [0.15, 0.2) is 46.0 Å². The van der Waals surface area contributed by atoms with E-state index in [0.717, 1.165) is 0 Å². The Morgan fingerprint density at radius 2 is 2.16 bits per heavy atom. The number of allylic oxidation sites excluding steroid dienone is 1. The molecule has 2 aromatic rings. The topological polar surface area (TPSA) is 107 Å². The second-order valence-corrected chi connectivity index (χ2v) is 9.50. The van der Waals surface area contributed by atoms with Gasteiger partial charge < -0.3 is 14.6 Å². The number of benzene rings is 1. The minimum absolute atomic E-state index is 0.136. The molecular weight excluding hydrogens is 479 g/mol. The van der Waals surface area contributed by atoms with Crippen LogP contribution in [0.2, 0.25) is 5.02 Å². The molecule has 1 fully saturated rings. The fourth-order valence-corrected chi connectivity index (χ4v) is 5.28. The van der Waals surface area contributed by atoms with E-state index in [9.17, 15) is 17.9 Å². The number of aromatic nitrogens is 1. The van der Waals surface area contributed by atoms with Crippen molar-refractivity contribution >= 4 is 46.0 Å². The first-order valence-electron chi connectivity index (χ1n) is 9.75. The van der Waals surface area contributed by atoms with Gasteiger partial charge in [-0.2, -0.15) is 0 Å². The molecule has 1 aromatic heterocycles. The SMILES string of the molecule is COC(=O)C1=C(C2CCN(S(=O)[O-])CC2)NC(c2nccs2)=NC1c1ccc(F)cc1Cl. The molecule has 170 valence electrons. The van der Waals surface area contributed by atoms with Gasteiger partial charge in [-0.3, -0.25) is 9.20 Å². The summed E-state index contributed by atoms with van der Waals surface area (Å²) >= 11 is 5.43. The zero-order chi connectivity index (χ0) is 22.8. The Balaban J connectivity index is 1.82. The largest absolute Gasteiger partial charge is 0.760 e. The lowest BCUT2D eigenvalue weighted by molar-refractivity contribution is -0.136. The Hall–Kier alpha value is -2.18. The van der Waals surface area contributed by atoms with Gasteiger partial charge in [0.25, 0.3) is 0 Å². The van der Waals surface area contributed by atoms with Crippen molar-refractivity contribution in [2.45, 2.75) is 18.9 Å². The van der Waals surface area contributed by atoms with Gasteiger partial charge in [0.15, 0.2) is 10.8 Å². The molecule has 4 rings (SSSR count). The minimum Gasteiger partial charge on any atom is -0.760 e. The quantitative estimate of drug-likeness (QED) is 0.502. The van der Waals surface area contributed by atoms with Crippen LogP contribution in [0.5, 0.6) is 0 Å². The Kier molecular flexibility index (Phi) is 7.01. The highest BCUT2D eigenvalue weighted by Crippen LogP contribution is 2.40. The van der Waals surface area contributed by atoms with E-state index in [4.69, 9.17) is 21.3 Å². The Bertz CT molecular complexity index is 1100. The third kappa shape index (κ3) is 4.62. The summed E-state index contributed by atoms with van der Waals surface area (Å²) in [5, 5.41) is 5.81. The van der Waals surface area contributed by atoms with Crippen LogP contribution in [-0.4, -0.2) is 50.1 Å². The standard InChI is InChI=1S/C20H20ClFN4O4S2/c1-30-20(27)15-16(11-4-7-26(8-5-11)32(28)29)24-18(19-23-6-9-31-19)25-17(15)13-3-2-12(22)10-14(13)21/h2-3,6,9-11,17H,4-5,7-8H2,1H3,(H,24,25)(H,28,29)/p-1. The number of carbonyl (C=O) groups excluding carboxylic acids is 1. The monoisotopic (exact) mass is 497 g/mol. The van der Waals surface area contributed by atoms with E-state index in [0.29, 0.717) is 48.0 Å². The molecule has 2 aliphatic rings. The molecule has 0 amide bonds. The van der Waals surface area contributed by atoms with Gasteiger partial charge in [0.2, 0.25) is 0 Å². The number of aliphatic imine (C=N–C) groups is 1. The molecule has 2 aliphatic heterocycles. The van der Waals surface area contributed by atoms with Gasteiger partial charge in [0, 0.05) is 58.1 Å². The van der Waals surface area contributed by atoms with Gasteiger partial charge >= 0.3 is 5.97 Å². The van der Waals surface area contributed by atoms with E-state index >= 15 is 0 Å². The highest BCUT2D eigenvalue weighted by atomic mass is 35.5. The highest BCUT2D eigenvalue weighted by Gasteiger charge is 2.37. The first kappa shape index (κ1) is 23.0.